The molecule has 0 radical (unpaired) electrons. The predicted molar refractivity (Wildman–Crippen MR) is 125 cm³/mol. The Morgan fingerprint density at radius 1 is 1.15 bits per heavy atom. The molecule has 0 bridgehead atoms. The molecule has 9 nitrogen and oxygen atoms in total. The van der Waals surface area contributed by atoms with Crippen molar-refractivity contribution in [1.82, 2.24) is 10.2 Å². The SMILES string of the molecule is CC1(C)S[C@@H]2C(NC(=O)C(N)c3ccc(O)cc3)C(=O)N2[C@H]1C(=O)OCC(=O)c1ccccc1. The van der Waals surface area contributed by atoms with Crippen LogP contribution in [0.5, 0.6) is 5.75 Å². The number of aromatic hydroxyl groups is 1. The molecule has 10 heteroatoms. The maximum Gasteiger partial charge on any atom is 0.330 e. The molecule has 2 aromatic rings. The third-order valence-corrected chi connectivity index (χ3v) is 7.51. The number of Topliss-reactive ketones (excluding diaryl/α,β-unsaturated/α-hetero) is 1. The third kappa shape index (κ3) is 4.38. The fourth-order valence-electron chi connectivity index (χ4n) is 4.13. The van der Waals surface area contributed by atoms with Crippen LogP contribution in [0.4, 0.5) is 0 Å². The van der Waals surface area contributed by atoms with Gasteiger partial charge >= 0.3 is 5.97 Å². The minimum Gasteiger partial charge on any atom is -0.508 e. The minimum absolute atomic E-state index is 0.0501. The first-order valence-corrected chi connectivity index (χ1v) is 11.6. The largest absolute Gasteiger partial charge is 0.508 e. The smallest absolute Gasteiger partial charge is 0.330 e. The Kier molecular flexibility index (Phi) is 6.37. The zero-order chi connectivity index (χ0) is 24.6. The van der Waals surface area contributed by atoms with Gasteiger partial charge in [0.25, 0.3) is 0 Å². The van der Waals surface area contributed by atoms with Crippen LogP contribution in [-0.4, -0.2) is 62.4 Å². The fourth-order valence-corrected chi connectivity index (χ4v) is 5.75. The van der Waals surface area contributed by atoms with Crippen LogP contribution in [0.3, 0.4) is 0 Å². The van der Waals surface area contributed by atoms with E-state index in [2.05, 4.69) is 5.32 Å². The molecule has 2 aliphatic heterocycles. The van der Waals surface area contributed by atoms with E-state index in [1.165, 1.54) is 40.9 Å². The first-order chi connectivity index (χ1) is 16.1. The second kappa shape index (κ2) is 9.11. The standard InChI is InChI=1S/C24H25N3O6S/c1-24(2)19(23(32)33-12-16(29)13-6-4-3-5-7-13)27-21(31)18(22(27)34-24)26-20(30)17(25)14-8-10-15(28)11-9-14/h3-11,17-19,22,28H,12,25H2,1-2H3,(H,26,30)/t17?,18?,19-,22+/m0/s1. The van der Waals surface area contributed by atoms with E-state index in [-0.39, 0.29) is 11.5 Å². The molecule has 2 heterocycles. The van der Waals surface area contributed by atoms with Crippen LogP contribution in [0.1, 0.15) is 35.8 Å². The van der Waals surface area contributed by atoms with Crippen molar-refractivity contribution in [3.05, 3.63) is 65.7 Å². The number of hydrogen-bond donors (Lipinski definition) is 3. The Morgan fingerprint density at radius 2 is 1.79 bits per heavy atom. The van der Waals surface area contributed by atoms with Crippen molar-refractivity contribution in [2.45, 2.75) is 42.1 Å². The molecule has 0 saturated carbocycles. The first kappa shape index (κ1) is 23.8. The topological polar surface area (TPSA) is 139 Å². The van der Waals surface area contributed by atoms with E-state index in [1.54, 1.807) is 30.3 Å². The molecule has 4 rings (SSSR count). The number of nitrogens with zero attached hydrogens (tertiary/aromatic N) is 1. The zero-order valence-corrected chi connectivity index (χ0v) is 19.5. The number of amides is 2. The highest BCUT2D eigenvalue weighted by Crippen LogP contribution is 2.51. The minimum atomic E-state index is -1.02. The van der Waals surface area contributed by atoms with Crippen LogP contribution in [0.25, 0.3) is 0 Å². The average molecular weight is 484 g/mol. The van der Waals surface area contributed by atoms with Gasteiger partial charge in [-0.1, -0.05) is 42.5 Å². The average Bonchev–Trinajstić information content (AvgIpc) is 3.08. The van der Waals surface area contributed by atoms with Crippen molar-refractivity contribution in [3.63, 3.8) is 0 Å². The summed E-state index contributed by atoms with van der Waals surface area (Å²) in [6.45, 7) is 3.21. The summed E-state index contributed by atoms with van der Waals surface area (Å²) < 4.78 is 4.59. The van der Waals surface area contributed by atoms with Gasteiger partial charge in [0.2, 0.25) is 11.8 Å². The molecule has 0 aliphatic carbocycles. The Morgan fingerprint density at radius 3 is 2.44 bits per heavy atom. The fraction of sp³-hybridized carbons (Fsp3) is 0.333. The van der Waals surface area contributed by atoms with Gasteiger partial charge in [-0.3, -0.25) is 14.4 Å². The van der Waals surface area contributed by atoms with E-state index < -0.39 is 52.6 Å². The van der Waals surface area contributed by atoms with Crippen molar-refractivity contribution in [2.24, 2.45) is 5.73 Å². The van der Waals surface area contributed by atoms with Crippen molar-refractivity contribution in [2.75, 3.05) is 6.61 Å². The number of fused-ring (bicyclic) bond motifs is 1. The van der Waals surface area contributed by atoms with Gasteiger partial charge in [-0.15, -0.1) is 11.8 Å². The van der Waals surface area contributed by atoms with E-state index >= 15 is 0 Å². The van der Waals surface area contributed by atoms with Gasteiger partial charge in [-0.2, -0.15) is 0 Å². The number of ketones is 1. The number of esters is 1. The summed E-state index contributed by atoms with van der Waals surface area (Å²) in [4.78, 5) is 52.1. The molecular weight excluding hydrogens is 458 g/mol. The molecule has 2 unspecified atom stereocenters. The van der Waals surface area contributed by atoms with Gasteiger partial charge < -0.3 is 25.8 Å². The predicted octanol–water partition coefficient (Wildman–Crippen LogP) is 1.37. The van der Waals surface area contributed by atoms with Gasteiger partial charge in [0.05, 0.1) is 0 Å². The van der Waals surface area contributed by atoms with Gasteiger partial charge in [0.1, 0.15) is 29.2 Å². The lowest BCUT2D eigenvalue weighted by atomic mass is 9.95. The Bertz CT molecular complexity index is 1120. The van der Waals surface area contributed by atoms with Crippen LogP contribution < -0.4 is 11.1 Å². The number of benzene rings is 2. The summed E-state index contributed by atoms with van der Waals surface area (Å²) in [5.74, 6) is -1.90. The van der Waals surface area contributed by atoms with Gasteiger partial charge in [-0.05, 0) is 31.5 Å². The molecule has 4 N–H and O–H groups in total. The number of carbonyl (C=O) groups excluding carboxylic acids is 4. The van der Waals surface area contributed by atoms with E-state index in [0.29, 0.717) is 11.1 Å². The van der Waals surface area contributed by atoms with Gasteiger partial charge in [0.15, 0.2) is 12.4 Å². The first-order valence-electron chi connectivity index (χ1n) is 10.7. The van der Waals surface area contributed by atoms with E-state index in [9.17, 15) is 24.3 Å². The Labute approximate surface area is 200 Å². The van der Waals surface area contributed by atoms with Crippen molar-refractivity contribution >= 4 is 35.3 Å². The summed E-state index contributed by atoms with van der Waals surface area (Å²) in [5.41, 5.74) is 6.93. The van der Waals surface area contributed by atoms with Gasteiger partial charge in [-0.25, -0.2) is 4.79 Å². The Hall–Kier alpha value is -3.37. The van der Waals surface area contributed by atoms with Crippen LogP contribution in [-0.2, 0) is 19.1 Å². The summed E-state index contributed by atoms with van der Waals surface area (Å²) in [7, 11) is 0. The molecule has 2 aromatic carbocycles. The van der Waals surface area contributed by atoms with Crippen LogP contribution in [0, 0.1) is 0 Å². The number of rotatable bonds is 7. The van der Waals surface area contributed by atoms with Crippen LogP contribution >= 0.6 is 11.8 Å². The number of β-lactam (4-membered cyclic amide) rings is 1. The number of phenols is 1. The molecule has 2 aliphatic rings. The maximum absolute atomic E-state index is 12.9. The lowest BCUT2D eigenvalue weighted by molar-refractivity contribution is -0.163. The molecule has 34 heavy (non-hydrogen) atoms. The van der Waals surface area contributed by atoms with Crippen molar-refractivity contribution in [3.8, 4) is 5.75 Å². The van der Waals surface area contributed by atoms with E-state index in [0.717, 1.165) is 0 Å². The lowest BCUT2D eigenvalue weighted by Gasteiger charge is -2.44. The third-order valence-electron chi connectivity index (χ3n) is 5.94. The highest BCUT2D eigenvalue weighted by Gasteiger charge is 2.64. The molecule has 4 atom stereocenters. The zero-order valence-electron chi connectivity index (χ0n) is 18.6. The highest BCUT2D eigenvalue weighted by atomic mass is 32.2. The number of carbonyl (C=O) groups is 4. The van der Waals surface area contributed by atoms with Crippen molar-refractivity contribution < 1.29 is 29.0 Å². The van der Waals surface area contributed by atoms with E-state index in [4.69, 9.17) is 10.5 Å². The molecule has 2 saturated heterocycles. The summed E-state index contributed by atoms with van der Waals surface area (Å²) in [6.07, 6.45) is 0. The molecular formula is C24H25N3O6S. The number of thioether (sulfide) groups is 1. The molecule has 0 aromatic heterocycles. The molecule has 178 valence electrons. The van der Waals surface area contributed by atoms with E-state index in [1.807, 2.05) is 13.8 Å². The Balaban J connectivity index is 1.39. The highest BCUT2D eigenvalue weighted by molar-refractivity contribution is 8.01. The lowest BCUT2D eigenvalue weighted by Crippen LogP contribution is -2.71. The second-order valence-corrected chi connectivity index (χ2v) is 10.5. The normalized spacial score (nSPS) is 23.4. The maximum atomic E-state index is 12.9. The van der Waals surface area contributed by atoms with Crippen molar-refractivity contribution in [1.29, 1.82) is 0 Å². The second-order valence-electron chi connectivity index (χ2n) is 8.71. The van der Waals surface area contributed by atoms with Gasteiger partial charge in [0, 0.05) is 10.3 Å². The number of hydrogen-bond acceptors (Lipinski definition) is 8. The summed E-state index contributed by atoms with van der Waals surface area (Å²) >= 11 is 1.38. The number of nitrogens with one attached hydrogen (secondary N) is 1. The summed E-state index contributed by atoms with van der Waals surface area (Å²) in [5, 5.41) is 11.6. The molecule has 0 spiro atoms. The summed E-state index contributed by atoms with van der Waals surface area (Å²) in [6, 6.07) is 11.7. The quantitative estimate of drug-likeness (QED) is 0.305. The van der Waals surface area contributed by atoms with Crippen LogP contribution in [0.2, 0.25) is 0 Å². The molecule has 2 amide bonds. The van der Waals surface area contributed by atoms with Crippen LogP contribution in [0.15, 0.2) is 54.6 Å². The monoisotopic (exact) mass is 483 g/mol. The number of ether oxygens (including phenoxy) is 1. The number of phenolic OH excluding ortho intramolecular Hbond substituents is 1. The molecule has 2 fully saturated rings. The number of nitrogens with two attached hydrogens (primary N) is 1.